The van der Waals surface area contributed by atoms with Gasteiger partial charge in [-0.1, -0.05) is 47.5 Å². The third-order valence-electron chi connectivity index (χ3n) is 3.35. The van der Waals surface area contributed by atoms with E-state index in [2.05, 4.69) is 5.32 Å². The number of rotatable bonds is 4. The summed E-state index contributed by atoms with van der Waals surface area (Å²) in [6, 6.07) is 9.00. The molecule has 0 aliphatic rings. The maximum absolute atomic E-state index is 12.1. The van der Waals surface area contributed by atoms with Gasteiger partial charge in [-0.2, -0.15) is 0 Å². The van der Waals surface area contributed by atoms with Crippen LogP contribution < -0.4 is 5.32 Å². The molecule has 0 bridgehead atoms. The van der Waals surface area contributed by atoms with E-state index in [0.29, 0.717) is 15.9 Å². The van der Waals surface area contributed by atoms with Gasteiger partial charge < -0.3 is 15.0 Å². The number of halogens is 2. The number of nitrogens with one attached hydrogen (secondary N) is 1. The number of aliphatic hydroxyl groups is 1. The second-order valence-corrected chi connectivity index (χ2v) is 5.57. The molecule has 0 aliphatic heterocycles. The number of hydrogen-bond donors (Lipinski definition) is 2. The molecule has 4 nitrogen and oxygen atoms in total. The van der Waals surface area contributed by atoms with Gasteiger partial charge in [0.25, 0.3) is 5.91 Å². The molecule has 1 amide bonds. The van der Waals surface area contributed by atoms with Gasteiger partial charge in [-0.3, -0.25) is 4.79 Å². The fourth-order valence-corrected chi connectivity index (χ4v) is 2.49. The van der Waals surface area contributed by atoms with Crippen LogP contribution in [0, 0.1) is 6.92 Å². The van der Waals surface area contributed by atoms with E-state index < -0.39 is 6.10 Å². The largest absolute Gasteiger partial charge is 0.387 e. The van der Waals surface area contributed by atoms with E-state index >= 15 is 0 Å². The molecule has 0 spiro atoms. The number of nitrogens with zero attached hydrogens (tertiary/aromatic N) is 1. The molecule has 6 heteroatoms. The lowest BCUT2D eigenvalue weighted by Gasteiger charge is -2.14. The Morgan fingerprint density at radius 3 is 2.62 bits per heavy atom. The van der Waals surface area contributed by atoms with Gasteiger partial charge in [0.05, 0.1) is 11.1 Å². The number of carbonyl (C=O) groups is 1. The highest BCUT2D eigenvalue weighted by molar-refractivity contribution is 6.41. The Bertz CT molecular complexity index is 668. The van der Waals surface area contributed by atoms with E-state index in [1.54, 1.807) is 7.05 Å². The van der Waals surface area contributed by atoms with Crippen molar-refractivity contribution in [2.45, 2.75) is 13.0 Å². The molecule has 112 valence electrons. The van der Waals surface area contributed by atoms with Crippen LogP contribution in [0.1, 0.15) is 27.7 Å². The summed E-state index contributed by atoms with van der Waals surface area (Å²) >= 11 is 11.8. The minimum Gasteiger partial charge on any atom is -0.387 e. The van der Waals surface area contributed by atoms with Crippen molar-refractivity contribution in [3.63, 3.8) is 0 Å². The molecule has 1 aromatic carbocycles. The second-order valence-electron chi connectivity index (χ2n) is 4.81. The van der Waals surface area contributed by atoms with Crippen molar-refractivity contribution < 1.29 is 9.90 Å². The molecule has 0 saturated carbocycles. The molecule has 2 N–H and O–H groups in total. The molecular weight excluding hydrogens is 311 g/mol. The van der Waals surface area contributed by atoms with Crippen molar-refractivity contribution in [1.29, 1.82) is 0 Å². The van der Waals surface area contributed by atoms with Crippen LogP contribution >= 0.6 is 23.2 Å². The lowest BCUT2D eigenvalue weighted by atomic mass is 10.0. The van der Waals surface area contributed by atoms with Crippen LogP contribution in [0.3, 0.4) is 0 Å². The van der Waals surface area contributed by atoms with E-state index in [1.165, 1.54) is 10.6 Å². The fourth-order valence-electron chi connectivity index (χ4n) is 2.11. The topological polar surface area (TPSA) is 54.3 Å². The van der Waals surface area contributed by atoms with Gasteiger partial charge in [-0.25, -0.2) is 0 Å². The number of aromatic nitrogens is 1. The standard InChI is InChI=1S/C15H16Cl2N2O2/c1-9-5-3-4-6-10(9)13(20)8-18-15(21)12-7-11(16)14(17)19(12)2/h3-7,13,20H,8H2,1-2H3,(H,18,21). The SMILES string of the molecule is Cc1ccccc1C(O)CNC(=O)c1cc(Cl)c(Cl)n1C. The third kappa shape index (κ3) is 3.40. The molecule has 0 saturated heterocycles. The van der Waals surface area contributed by atoms with E-state index in [0.717, 1.165) is 11.1 Å². The average molecular weight is 327 g/mol. The predicted molar refractivity (Wildman–Crippen MR) is 83.9 cm³/mol. The zero-order chi connectivity index (χ0) is 15.6. The average Bonchev–Trinajstić information content (AvgIpc) is 2.72. The van der Waals surface area contributed by atoms with E-state index in [4.69, 9.17) is 23.2 Å². The lowest BCUT2D eigenvalue weighted by Crippen LogP contribution is -2.30. The van der Waals surface area contributed by atoms with Crippen molar-refractivity contribution in [1.82, 2.24) is 9.88 Å². The fraction of sp³-hybridized carbons (Fsp3) is 0.267. The van der Waals surface area contributed by atoms with E-state index in [1.807, 2.05) is 31.2 Å². The Hall–Kier alpha value is -1.49. The first-order valence-corrected chi connectivity index (χ1v) is 7.20. The summed E-state index contributed by atoms with van der Waals surface area (Å²) in [5, 5.41) is 13.5. The molecule has 2 aromatic rings. The Labute approximate surface area is 133 Å². The van der Waals surface area contributed by atoms with Gasteiger partial charge in [0, 0.05) is 13.6 Å². The first-order valence-electron chi connectivity index (χ1n) is 6.44. The molecule has 21 heavy (non-hydrogen) atoms. The number of benzene rings is 1. The molecule has 1 heterocycles. The zero-order valence-electron chi connectivity index (χ0n) is 11.7. The highest BCUT2D eigenvalue weighted by Gasteiger charge is 2.17. The van der Waals surface area contributed by atoms with Gasteiger partial charge in [0.2, 0.25) is 0 Å². The van der Waals surface area contributed by atoms with Crippen molar-refractivity contribution in [3.05, 3.63) is 57.3 Å². The summed E-state index contributed by atoms with van der Waals surface area (Å²) < 4.78 is 1.50. The maximum Gasteiger partial charge on any atom is 0.268 e. The molecule has 1 atom stereocenters. The van der Waals surface area contributed by atoms with Gasteiger partial charge in [0.15, 0.2) is 0 Å². The van der Waals surface area contributed by atoms with Crippen LogP contribution in [-0.2, 0) is 7.05 Å². The molecule has 1 unspecified atom stereocenters. The highest BCUT2D eigenvalue weighted by Crippen LogP contribution is 2.25. The van der Waals surface area contributed by atoms with Crippen molar-refractivity contribution in [3.8, 4) is 0 Å². The molecular formula is C15H16Cl2N2O2. The lowest BCUT2D eigenvalue weighted by molar-refractivity contribution is 0.0908. The summed E-state index contributed by atoms with van der Waals surface area (Å²) in [4.78, 5) is 12.1. The summed E-state index contributed by atoms with van der Waals surface area (Å²) in [7, 11) is 1.65. The van der Waals surface area contributed by atoms with E-state index in [-0.39, 0.29) is 12.5 Å². The van der Waals surface area contributed by atoms with E-state index in [9.17, 15) is 9.90 Å². The smallest absolute Gasteiger partial charge is 0.268 e. The van der Waals surface area contributed by atoms with Crippen LogP contribution in [0.15, 0.2) is 30.3 Å². The summed E-state index contributed by atoms with van der Waals surface area (Å²) in [5.41, 5.74) is 2.12. The van der Waals surface area contributed by atoms with Crippen molar-refractivity contribution in [2.75, 3.05) is 6.54 Å². The Morgan fingerprint density at radius 2 is 2.05 bits per heavy atom. The summed E-state index contributed by atoms with van der Waals surface area (Å²) in [5.74, 6) is -0.334. The van der Waals surface area contributed by atoms with Crippen molar-refractivity contribution in [2.24, 2.45) is 7.05 Å². The number of aryl methyl sites for hydroxylation is 1. The van der Waals surface area contributed by atoms with Gasteiger partial charge in [-0.15, -0.1) is 0 Å². The molecule has 0 fully saturated rings. The van der Waals surface area contributed by atoms with Crippen molar-refractivity contribution >= 4 is 29.1 Å². The quantitative estimate of drug-likeness (QED) is 0.907. The van der Waals surface area contributed by atoms with Crippen LogP contribution in [0.5, 0.6) is 0 Å². The number of amides is 1. The first-order chi connectivity index (χ1) is 9.91. The minimum atomic E-state index is -0.763. The van der Waals surface area contributed by atoms with Crippen LogP contribution in [0.4, 0.5) is 0 Å². The number of aliphatic hydroxyl groups excluding tert-OH is 1. The summed E-state index contributed by atoms with van der Waals surface area (Å²) in [6.45, 7) is 2.03. The van der Waals surface area contributed by atoms with Gasteiger partial charge in [0.1, 0.15) is 10.8 Å². The Balaban J connectivity index is 2.04. The molecule has 0 aliphatic carbocycles. The number of carbonyl (C=O) groups excluding carboxylic acids is 1. The third-order valence-corrected chi connectivity index (χ3v) is 4.19. The van der Waals surface area contributed by atoms with Gasteiger partial charge in [-0.05, 0) is 24.1 Å². The zero-order valence-corrected chi connectivity index (χ0v) is 13.2. The molecule has 2 rings (SSSR count). The van der Waals surface area contributed by atoms with Crippen LogP contribution in [0.25, 0.3) is 0 Å². The van der Waals surface area contributed by atoms with Crippen LogP contribution in [0.2, 0.25) is 10.2 Å². The highest BCUT2D eigenvalue weighted by atomic mass is 35.5. The second kappa shape index (κ2) is 6.52. The Kier molecular flexibility index (Phi) is 4.93. The minimum absolute atomic E-state index is 0.115. The molecule has 1 aromatic heterocycles. The Morgan fingerprint density at radius 1 is 1.38 bits per heavy atom. The predicted octanol–water partition coefficient (Wildman–Crippen LogP) is 3.10. The first kappa shape index (κ1) is 15.9. The van der Waals surface area contributed by atoms with Crippen LogP contribution in [-0.4, -0.2) is 22.1 Å². The molecule has 0 radical (unpaired) electrons. The normalized spacial score (nSPS) is 12.2. The summed E-state index contributed by atoms with van der Waals surface area (Å²) in [6.07, 6.45) is -0.763. The number of hydrogen-bond acceptors (Lipinski definition) is 2. The van der Waals surface area contributed by atoms with Gasteiger partial charge >= 0.3 is 0 Å². The monoisotopic (exact) mass is 326 g/mol. The maximum atomic E-state index is 12.1.